The number of benzene rings is 2. The van der Waals surface area contributed by atoms with Crippen molar-refractivity contribution in [3.05, 3.63) is 93.9 Å². The van der Waals surface area contributed by atoms with Gasteiger partial charge in [-0.05, 0) is 70.9 Å². The Kier molecular flexibility index (Phi) is 7.32. The Hall–Kier alpha value is -4.08. The van der Waals surface area contributed by atoms with Gasteiger partial charge in [0.05, 0.1) is 13.0 Å². The fraction of sp³-hybridized carbons (Fsp3) is 0.233. The Morgan fingerprint density at radius 3 is 2.65 bits per heavy atom. The van der Waals surface area contributed by atoms with Gasteiger partial charge in [0, 0.05) is 51.6 Å². The number of hydrogen-bond donors (Lipinski definition) is 1. The standard InChI is InChI=1S/C30H26ClN5O3S/c1-39-30(37)33-23-8-4-19(5-9-23)21-13-27(32-15-21)26(12-18-2-3-18)29-11-6-20(16-36(29)38)25-14-22(31)7-10-24(25)28-17-40-35-34-28/h4-11,14-18,26H,2-3,12-13H2,1H3,(H,33,37). The predicted molar refractivity (Wildman–Crippen MR) is 157 cm³/mol. The molecule has 40 heavy (non-hydrogen) atoms. The number of aliphatic imine (C=N–C) groups is 1. The van der Waals surface area contributed by atoms with Crippen molar-refractivity contribution < 1.29 is 14.3 Å². The molecule has 1 amide bonds. The van der Waals surface area contributed by atoms with Crippen LogP contribution in [-0.4, -0.2) is 28.5 Å². The molecule has 3 heterocycles. The van der Waals surface area contributed by atoms with Gasteiger partial charge in [0.1, 0.15) is 5.69 Å². The number of carbonyl (C=O) groups excluding carboxylic acids is 1. The van der Waals surface area contributed by atoms with E-state index in [1.807, 2.05) is 66.2 Å². The second-order valence-corrected chi connectivity index (χ2v) is 11.1. The zero-order valence-electron chi connectivity index (χ0n) is 21.7. The number of nitrogens with zero attached hydrogens (tertiary/aromatic N) is 4. The SMILES string of the molecule is COC(=O)Nc1ccc(C2=CN=C(C(CC3CC3)c3ccc(-c4cc(Cl)ccc4-c4csnn4)c[n+]3[O-])C2)cc1. The van der Waals surface area contributed by atoms with Gasteiger partial charge in [0.2, 0.25) is 5.69 Å². The van der Waals surface area contributed by atoms with Gasteiger partial charge in [-0.15, -0.1) is 5.10 Å². The van der Waals surface area contributed by atoms with Crippen molar-refractivity contribution in [1.29, 1.82) is 0 Å². The number of amides is 1. The van der Waals surface area contributed by atoms with E-state index in [1.54, 1.807) is 6.20 Å². The molecule has 1 aliphatic heterocycles. The molecule has 6 rings (SSSR count). The molecule has 1 saturated carbocycles. The van der Waals surface area contributed by atoms with E-state index in [0.29, 0.717) is 28.7 Å². The van der Waals surface area contributed by atoms with E-state index in [4.69, 9.17) is 16.6 Å². The molecule has 1 aliphatic carbocycles. The molecule has 0 saturated heterocycles. The second kappa shape index (κ2) is 11.2. The van der Waals surface area contributed by atoms with E-state index in [0.717, 1.165) is 50.4 Å². The summed E-state index contributed by atoms with van der Waals surface area (Å²) in [6, 6.07) is 17.1. The third kappa shape index (κ3) is 5.61. The van der Waals surface area contributed by atoms with Crippen LogP contribution in [0, 0.1) is 11.1 Å². The Bertz CT molecular complexity index is 1620. The summed E-state index contributed by atoms with van der Waals surface area (Å²) in [5.41, 5.74) is 7.67. The van der Waals surface area contributed by atoms with Crippen LogP contribution in [0.2, 0.25) is 5.02 Å². The number of anilines is 1. The summed E-state index contributed by atoms with van der Waals surface area (Å²) in [6.07, 6.45) is 6.94. The van der Waals surface area contributed by atoms with Gasteiger partial charge in [0.25, 0.3) is 0 Å². The molecule has 2 aromatic heterocycles. The Morgan fingerprint density at radius 2 is 1.95 bits per heavy atom. The minimum Gasteiger partial charge on any atom is -0.618 e. The van der Waals surface area contributed by atoms with Crippen LogP contribution in [0.1, 0.15) is 42.9 Å². The van der Waals surface area contributed by atoms with Gasteiger partial charge in [-0.2, -0.15) is 4.73 Å². The first kappa shape index (κ1) is 26.2. The maximum atomic E-state index is 13.5. The number of hydrogen-bond acceptors (Lipinski definition) is 7. The molecule has 10 heteroatoms. The van der Waals surface area contributed by atoms with E-state index in [9.17, 15) is 10.0 Å². The van der Waals surface area contributed by atoms with Crippen LogP contribution in [0.25, 0.3) is 28.0 Å². The number of aromatic nitrogens is 3. The van der Waals surface area contributed by atoms with Gasteiger partial charge < -0.3 is 9.94 Å². The average Bonchev–Trinajstić information content (AvgIpc) is 3.39. The minimum atomic E-state index is -0.509. The first-order valence-electron chi connectivity index (χ1n) is 13.0. The lowest BCUT2D eigenvalue weighted by atomic mass is 9.88. The van der Waals surface area contributed by atoms with Crippen molar-refractivity contribution in [2.24, 2.45) is 10.9 Å². The number of carbonyl (C=O) groups is 1. The summed E-state index contributed by atoms with van der Waals surface area (Å²) < 4.78 is 9.63. The number of allylic oxidation sites excluding steroid dienone is 1. The normalized spacial score (nSPS) is 15.3. The molecule has 1 fully saturated rings. The summed E-state index contributed by atoms with van der Waals surface area (Å²) in [7, 11) is 1.33. The highest BCUT2D eigenvalue weighted by atomic mass is 35.5. The first-order valence-corrected chi connectivity index (χ1v) is 14.2. The molecule has 0 spiro atoms. The fourth-order valence-corrected chi connectivity index (χ4v) is 5.70. The minimum absolute atomic E-state index is 0.0744. The predicted octanol–water partition coefficient (Wildman–Crippen LogP) is 7.11. The molecule has 2 aromatic carbocycles. The van der Waals surface area contributed by atoms with Gasteiger partial charge in [-0.3, -0.25) is 10.3 Å². The van der Waals surface area contributed by atoms with Crippen molar-refractivity contribution in [2.45, 2.75) is 31.6 Å². The van der Waals surface area contributed by atoms with Crippen LogP contribution in [0.3, 0.4) is 0 Å². The van der Waals surface area contributed by atoms with Crippen LogP contribution in [0.5, 0.6) is 0 Å². The Labute approximate surface area is 240 Å². The van der Waals surface area contributed by atoms with Gasteiger partial charge in [-0.1, -0.05) is 47.1 Å². The molecule has 1 atom stereocenters. The maximum Gasteiger partial charge on any atom is 0.411 e. The molecule has 1 unspecified atom stereocenters. The highest BCUT2D eigenvalue weighted by Gasteiger charge is 2.34. The van der Waals surface area contributed by atoms with Crippen molar-refractivity contribution >= 4 is 46.2 Å². The summed E-state index contributed by atoms with van der Waals surface area (Å²) in [5, 5.41) is 22.9. The smallest absolute Gasteiger partial charge is 0.411 e. The molecule has 0 radical (unpaired) electrons. The molecule has 4 aromatic rings. The van der Waals surface area contributed by atoms with Crippen molar-refractivity contribution in [3.63, 3.8) is 0 Å². The van der Waals surface area contributed by atoms with Gasteiger partial charge in [-0.25, -0.2) is 4.79 Å². The number of pyridine rings is 1. The summed E-state index contributed by atoms with van der Waals surface area (Å²) in [4.78, 5) is 16.3. The van der Waals surface area contributed by atoms with E-state index in [1.165, 1.54) is 31.5 Å². The van der Waals surface area contributed by atoms with Crippen molar-refractivity contribution in [1.82, 2.24) is 9.59 Å². The molecular formula is C30H26ClN5O3S. The lowest BCUT2D eigenvalue weighted by Crippen LogP contribution is -2.35. The molecule has 8 nitrogen and oxygen atoms in total. The topological polar surface area (TPSA) is 103 Å². The van der Waals surface area contributed by atoms with Crippen LogP contribution in [0.15, 0.2) is 77.4 Å². The average molecular weight is 572 g/mol. The summed E-state index contributed by atoms with van der Waals surface area (Å²) >= 11 is 7.62. The second-order valence-electron chi connectivity index (χ2n) is 10.0. The van der Waals surface area contributed by atoms with Gasteiger partial charge in [0.15, 0.2) is 6.20 Å². The quantitative estimate of drug-likeness (QED) is 0.179. The summed E-state index contributed by atoms with van der Waals surface area (Å²) in [5.74, 6) is 0.534. The number of ether oxygens (including phenoxy) is 1. The maximum absolute atomic E-state index is 13.5. The van der Waals surface area contributed by atoms with E-state index < -0.39 is 6.09 Å². The Balaban J connectivity index is 1.25. The van der Waals surface area contributed by atoms with E-state index in [2.05, 4.69) is 19.6 Å². The number of halogens is 1. The summed E-state index contributed by atoms with van der Waals surface area (Å²) in [6.45, 7) is 0. The van der Waals surface area contributed by atoms with Crippen LogP contribution in [0.4, 0.5) is 10.5 Å². The Morgan fingerprint density at radius 1 is 1.15 bits per heavy atom. The molecule has 1 N–H and O–H groups in total. The monoisotopic (exact) mass is 571 g/mol. The zero-order chi connectivity index (χ0) is 27.6. The molecule has 0 bridgehead atoms. The molecule has 202 valence electrons. The highest BCUT2D eigenvalue weighted by molar-refractivity contribution is 7.03. The zero-order valence-corrected chi connectivity index (χ0v) is 23.3. The van der Waals surface area contributed by atoms with E-state index >= 15 is 0 Å². The molecule has 2 aliphatic rings. The fourth-order valence-electron chi connectivity index (χ4n) is 5.07. The third-order valence-electron chi connectivity index (χ3n) is 7.34. The largest absolute Gasteiger partial charge is 0.618 e. The van der Waals surface area contributed by atoms with Crippen molar-refractivity contribution in [3.8, 4) is 22.4 Å². The first-order chi connectivity index (χ1) is 19.5. The van der Waals surface area contributed by atoms with Crippen LogP contribution < -0.4 is 10.0 Å². The van der Waals surface area contributed by atoms with Gasteiger partial charge >= 0.3 is 6.09 Å². The van der Waals surface area contributed by atoms with Crippen LogP contribution in [-0.2, 0) is 4.74 Å². The number of nitrogens with one attached hydrogen (secondary N) is 1. The lowest BCUT2D eigenvalue weighted by Gasteiger charge is -2.18. The van der Waals surface area contributed by atoms with Crippen LogP contribution >= 0.6 is 23.1 Å². The molecular weight excluding hydrogens is 546 g/mol. The number of methoxy groups -OCH3 is 1. The number of rotatable bonds is 8. The highest BCUT2D eigenvalue weighted by Crippen LogP contribution is 2.41. The third-order valence-corrected chi connectivity index (χ3v) is 8.08. The van der Waals surface area contributed by atoms with Crippen molar-refractivity contribution in [2.75, 3.05) is 12.4 Å². The van der Waals surface area contributed by atoms with E-state index in [-0.39, 0.29) is 5.92 Å². The lowest BCUT2D eigenvalue weighted by molar-refractivity contribution is -0.614.